The summed E-state index contributed by atoms with van der Waals surface area (Å²) in [7, 11) is 0. The minimum Gasteiger partial charge on any atom is -0.380 e. The first-order valence-corrected chi connectivity index (χ1v) is 4.03. The second kappa shape index (κ2) is 4.32. The Bertz CT molecular complexity index is 147. The van der Waals surface area contributed by atoms with Crippen LogP contribution in [0, 0.1) is 11.3 Å². The summed E-state index contributed by atoms with van der Waals surface area (Å²) < 4.78 is 5.19. The third-order valence-electron chi connectivity index (χ3n) is 1.85. The molecule has 62 valence electrons. The summed E-state index contributed by atoms with van der Waals surface area (Å²) in [5.41, 5.74) is 0. The van der Waals surface area contributed by atoms with Crippen LogP contribution in [0.5, 0.6) is 0 Å². The third kappa shape index (κ3) is 2.87. The molecule has 1 aliphatic heterocycles. The maximum atomic E-state index is 8.39. The minimum absolute atomic E-state index is 0.298. The predicted octanol–water partition coefficient (Wildman–Crippen LogP) is 0.667. The van der Waals surface area contributed by atoms with E-state index in [0.29, 0.717) is 18.5 Å². The van der Waals surface area contributed by atoms with E-state index in [9.17, 15) is 0 Å². The standard InChI is InChI=1S/C8H14N2O/c1-7(2-4-9)10-8-3-5-11-6-8/h7-8,10H,2-3,5-6H2,1H3. The van der Waals surface area contributed by atoms with Crippen LogP contribution >= 0.6 is 0 Å². The van der Waals surface area contributed by atoms with Crippen molar-refractivity contribution < 1.29 is 4.74 Å². The monoisotopic (exact) mass is 154 g/mol. The molecule has 0 aromatic carbocycles. The number of hydrogen-bond donors (Lipinski definition) is 1. The molecule has 0 saturated carbocycles. The number of ether oxygens (including phenoxy) is 1. The van der Waals surface area contributed by atoms with Gasteiger partial charge in [0.15, 0.2) is 0 Å². The summed E-state index contributed by atoms with van der Waals surface area (Å²) >= 11 is 0. The van der Waals surface area contributed by atoms with Crippen LogP contribution in [0.1, 0.15) is 19.8 Å². The van der Waals surface area contributed by atoms with Crippen LogP contribution in [-0.4, -0.2) is 25.3 Å². The van der Waals surface area contributed by atoms with E-state index in [4.69, 9.17) is 10.00 Å². The Kier molecular flexibility index (Phi) is 3.34. The average Bonchev–Trinajstić information content (AvgIpc) is 2.40. The number of rotatable bonds is 3. The van der Waals surface area contributed by atoms with Crippen LogP contribution < -0.4 is 5.32 Å². The molecule has 0 aromatic heterocycles. The molecule has 1 aliphatic rings. The van der Waals surface area contributed by atoms with Crippen molar-refractivity contribution in [2.45, 2.75) is 31.8 Å². The second-order valence-corrected chi connectivity index (χ2v) is 2.99. The fourth-order valence-corrected chi connectivity index (χ4v) is 1.26. The zero-order valence-electron chi connectivity index (χ0n) is 6.84. The maximum Gasteiger partial charge on any atom is 0.0638 e. The molecule has 2 unspecified atom stereocenters. The molecule has 1 rings (SSSR count). The smallest absolute Gasteiger partial charge is 0.0638 e. The van der Waals surface area contributed by atoms with E-state index < -0.39 is 0 Å². The lowest BCUT2D eigenvalue weighted by Crippen LogP contribution is -2.36. The molecule has 0 bridgehead atoms. The SMILES string of the molecule is CC(CC#N)NC1CCOC1. The van der Waals surface area contributed by atoms with Crippen molar-refractivity contribution in [3.05, 3.63) is 0 Å². The second-order valence-electron chi connectivity index (χ2n) is 2.99. The lowest BCUT2D eigenvalue weighted by molar-refractivity contribution is 0.188. The molecule has 0 spiro atoms. The van der Waals surface area contributed by atoms with Gasteiger partial charge in [-0.2, -0.15) is 5.26 Å². The normalized spacial score (nSPS) is 26.4. The molecule has 1 heterocycles. The van der Waals surface area contributed by atoms with Gasteiger partial charge in [0.1, 0.15) is 0 Å². The molecular formula is C8H14N2O. The van der Waals surface area contributed by atoms with E-state index in [1.165, 1.54) is 0 Å². The summed E-state index contributed by atoms with van der Waals surface area (Å²) in [6.45, 7) is 3.69. The van der Waals surface area contributed by atoms with E-state index in [2.05, 4.69) is 11.4 Å². The Balaban J connectivity index is 2.14. The molecule has 0 aliphatic carbocycles. The van der Waals surface area contributed by atoms with Crippen LogP contribution in [0.15, 0.2) is 0 Å². The summed E-state index contributed by atoms with van der Waals surface area (Å²) in [6.07, 6.45) is 1.66. The van der Waals surface area contributed by atoms with Crippen LogP contribution in [0.3, 0.4) is 0 Å². The molecule has 3 heteroatoms. The highest BCUT2D eigenvalue weighted by Crippen LogP contribution is 2.04. The fraction of sp³-hybridized carbons (Fsp3) is 0.875. The first kappa shape index (κ1) is 8.51. The maximum absolute atomic E-state index is 8.39. The molecule has 1 saturated heterocycles. The molecule has 11 heavy (non-hydrogen) atoms. The first-order chi connectivity index (χ1) is 5.33. The van der Waals surface area contributed by atoms with Crippen molar-refractivity contribution in [3.63, 3.8) is 0 Å². The van der Waals surface area contributed by atoms with Gasteiger partial charge in [-0.05, 0) is 13.3 Å². The van der Waals surface area contributed by atoms with E-state index in [1.807, 2.05) is 6.92 Å². The summed E-state index contributed by atoms with van der Waals surface area (Å²) in [5, 5.41) is 11.7. The topological polar surface area (TPSA) is 45.0 Å². The largest absolute Gasteiger partial charge is 0.380 e. The van der Waals surface area contributed by atoms with Crippen molar-refractivity contribution in [2.75, 3.05) is 13.2 Å². The average molecular weight is 154 g/mol. The van der Waals surface area contributed by atoms with Crippen molar-refractivity contribution in [3.8, 4) is 6.07 Å². The van der Waals surface area contributed by atoms with Crippen molar-refractivity contribution >= 4 is 0 Å². The van der Waals surface area contributed by atoms with Gasteiger partial charge >= 0.3 is 0 Å². The van der Waals surface area contributed by atoms with Gasteiger partial charge in [0.25, 0.3) is 0 Å². The Morgan fingerprint density at radius 1 is 1.82 bits per heavy atom. The predicted molar refractivity (Wildman–Crippen MR) is 42.1 cm³/mol. The molecule has 0 radical (unpaired) electrons. The Morgan fingerprint density at radius 2 is 2.64 bits per heavy atom. The highest BCUT2D eigenvalue weighted by molar-refractivity contribution is 4.81. The lowest BCUT2D eigenvalue weighted by Gasteiger charge is -2.14. The van der Waals surface area contributed by atoms with Gasteiger partial charge < -0.3 is 10.1 Å². The zero-order chi connectivity index (χ0) is 8.10. The third-order valence-corrected chi connectivity index (χ3v) is 1.85. The molecule has 1 fully saturated rings. The van der Waals surface area contributed by atoms with Crippen LogP contribution in [-0.2, 0) is 4.74 Å². The molecule has 0 amide bonds. The van der Waals surface area contributed by atoms with Crippen molar-refractivity contribution in [1.82, 2.24) is 5.32 Å². The van der Waals surface area contributed by atoms with E-state index in [1.54, 1.807) is 0 Å². The Hall–Kier alpha value is -0.590. The van der Waals surface area contributed by atoms with Gasteiger partial charge in [0, 0.05) is 18.7 Å². The van der Waals surface area contributed by atoms with Gasteiger partial charge in [-0.1, -0.05) is 0 Å². The first-order valence-electron chi connectivity index (χ1n) is 4.03. The van der Waals surface area contributed by atoms with E-state index in [0.717, 1.165) is 19.6 Å². The van der Waals surface area contributed by atoms with Crippen molar-refractivity contribution in [1.29, 1.82) is 5.26 Å². The van der Waals surface area contributed by atoms with Crippen LogP contribution in [0.25, 0.3) is 0 Å². The lowest BCUT2D eigenvalue weighted by atomic mass is 10.2. The number of nitriles is 1. The van der Waals surface area contributed by atoms with Gasteiger partial charge in [-0.15, -0.1) is 0 Å². The molecule has 2 atom stereocenters. The summed E-state index contributed by atoms with van der Waals surface area (Å²) in [6, 6.07) is 2.91. The van der Waals surface area contributed by atoms with E-state index in [-0.39, 0.29) is 0 Å². The molecule has 0 aromatic rings. The number of hydrogen-bond acceptors (Lipinski definition) is 3. The van der Waals surface area contributed by atoms with Gasteiger partial charge in [0.05, 0.1) is 19.1 Å². The molecular weight excluding hydrogens is 140 g/mol. The number of nitrogens with zero attached hydrogens (tertiary/aromatic N) is 1. The zero-order valence-corrected chi connectivity index (χ0v) is 6.84. The van der Waals surface area contributed by atoms with E-state index >= 15 is 0 Å². The van der Waals surface area contributed by atoms with Crippen LogP contribution in [0.4, 0.5) is 0 Å². The van der Waals surface area contributed by atoms with Gasteiger partial charge in [-0.25, -0.2) is 0 Å². The fourth-order valence-electron chi connectivity index (χ4n) is 1.26. The van der Waals surface area contributed by atoms with Gasteiger partial charge in [0.2, 0.25) is 0 Å². The summed E-state index contributed by atoms with van der Waals surface area (Å²) in [5.74, 6) is 0. The Morgan fingerprint density at radius 3 is 3.18 bits per heavy atom. The summed E-state index contributed by atoms with van der Waals surface area (Å²) in [4.78, 5) is 0. The minimum atomic E-state index is 0.298. The Labute approximate surface area is 67.3 Å². The van der Waals surface area contributed by atoms with Crippen molar-refractivity contribution in [2.24, 2.45) is 0 Å². The van der Waals surface area contributed by atoms with Gasteiger partial charge in [-0.3, -0.25) is 0 Å². The van der Waals surface area contributed by atoms with Crippen LogP contribution in [0.2, 0.25) is 0 Å². The molecule has 3 nitrogen and oxygen atoms in total. The quantitative estimate of drug-likeness (QED) is 0.649. The number of nitrogens with one attached hydrogen (secondary N) is 1. The molecule has 1 N–H and O–H groups in total. The highest BCUT2D eigenvalue weighted by Gasteiger charge is 2.16. The highest BCUT2D eigenvalue weighted by atomic mass is 16.5.